The van der Waals surface area contributed by atoms with Gasteiger partial charge in [0.05, 0.1) is 35.8 Å². The van der Waals surface area contributed by atoms with E-state index in [4.69, 9.17) is 11.6 Å². The summed E-state index contributed by atoms with van der Waals surface area (Å²) in [5.74, 6) is 0.0263. The van der Waals surface area contributed by atoms with Crippen LogP contribution in [0.25, 0.3) is 11.0 Å². The molecule has 1 aromatic heterocycles. The van der Waals surface area contributed by atoms with Gasteiger partial charge in [-0.05, 0) is 62.2 Å². The highest BCUT2D eigenvalue weighted by Gasteiger charge is 2.36. The molecule has 0 aliphatic carbocycles. The van der Waals surface area contributed by atoms with Crippen LogP contribution in [0.5, 0.6) is 0 Å². The van der Waals surface area contributed by atoms with Gasteiger partial charge in [-0.2, -0.15) is 13.2 Å². The van der Waals surface area contributed by atoms with Crippen LogP contribution in [0.4, 0.5) is 18.9 Å². The highest BCUT2D eigenvalue weighted by Crippen LogP contribution is 2.38. The SMILES string of the molecule is CC(c1ccc(Cl)cc1C(F)(F)F)n1nnc2ccc(N3CCN(C(=O)[C@H]4CCCCN4)[C@H](CO)C3)cc21. The van der Waals surface area contributed by atoms with Gasteiger partial charge in [-0.3, -0.25) is 4.79 Å². The molecule has 2 aromatic carbocycles. The first-order valence-corrected chi connectivity index (χ1v) is 13.2. The summed E-state index contributed by atoms with van der Waals surface area (Å²) >= 11 is 5.87. The molecular formula is C26H30ClF3N6O2. The number of amides is 1. The molecule has 12 heteroatoms. The van der Waals surface area contributed by atoms with Crippen molar-refractivity contribution in [3.63, 3.8) is 0 Å². The molecule has 3 aromatic rings. The summed E-state index contributed by atoms with van der Waals surface area (Å²) in [4.78, 5) is 16.9. The number of alkyl halides is 3. The first-order chi connectivity index (χ1) is 18.2. The molecule has 0 spiro atoms. The molecule has 1 unspecified atom stereocenters. The number of hydrogen-bond donors (Lipinski definition) is 2. The van der Waals surface area contributed by atoms with E-state index in [0.29, 0.717) is 30.7 Å². The Morgan fingerprint density at radius 3 is 2.74 bits per heavy atom. The maximum Gasteiger partial charge on any atom is 0.416 e. The number of aromatic nitrogens is 3. The quantitative estimate of drug-likeness (QED) is 0.502. The standard InChI is InChI=1S/C26H30ClF3N6O2/c1-16(20-7-5-17(27)12-21(20)26(28,29)30)36-24-13-18(6-8-22(24)32-33-36)34-10-11-35(19(14-34)15-37)25(38)23-4-2-3-9-31-23/h5-8,12-13,16,19,23,31,37H,2-4,9-11,14-15H2,1H3/t16?,19-,23+/m0/s1. The maximum atomic E-state index is 13.8. The van der Waals surface area contributed by atoms with Crippen molar-refractivity contribution in [2.45, 2.75) is 50.5 Å². The summed E-state index contributed by atoms with van der Waals surface area (Å²) in [5, 5.41) is 21.7. The number of hydrogen-bond acceptors (Lipinski definition) is 6. The van der Waals surface area contributed by atoms with E-state index in [1.807, 2.05) is 12.1 Å². The third-order valence-corrected chi connectivity index (χ3v) is 7.78. The molecule has 5 rings (SSSR count). The van der Waals surface area contributed by atoms with Crippen LogP contribution in [0, 0.1) is 0 Å². The summed E-state index contributed by atoms with van der Waals surface area (Å²) in [6.07, 6.45) is -1.71. The minimum atomic E-state index is -4.57. The Hall–Kier alpha value is -2.89. The lowest BCUT2D eigenvalue weighted by Gasteiger charge is -2.43. The number of halogens is 4. The lowest BCUT2D eigenvalue weighted by atomic mass is 10.0. The van der Waals surface area contributed by atoms with Gasteiger partial charge in [0, 0.05) is 30.3 Å². The smallest absolute Gasteiger partial charge is 0.394 e. The molecule has 0 saturated carbocycles. The molecule has 2 aliphatic rings. The summed E-state index contributed by atoms with van der Waals surface area (Å²) in [6, 6.07) is 7.92. The van der Waals surface area contributed by atoms with Crippen LogP contribution in [0.2, 0.25) is 5.02 Å². The second-order valence-corrected chi connectivity index (χ2v) is 10.4. The van der Waals surface area contributed by atoms with Gasteiger partial charge in [0.15, 0.2) is 0 Å². The van der Waals surface area contributed by atoms with Crippen LogP contribution >= 0.6 is 11.6 Å². The third kappa shape index (κ3) is 5.19. The number of benzene rings is 2. The first kappa shape index (κ1) is 26.7. The van der Waals surface area contributed by atoms with Crippen molar-refractivity contribution in [1.82, 2.24) is 25.2 Å². The molecule has 0 radical (unpaired) electrons. The van der Waals surface area contributed by atoms with E-state index in [1.54, 1.807) is 17.9 Å². The van der Waals surface area contributed by atoms with Crippen LogP contribution in [0.1, 0.15) is 43.4 Å². The van der Waals surface area contributed by atoms with Gasteiger partial charge in [0.2, 0.25) is 5.91 Å². The molecule has 1 amide bonds. The normalized spacial score (nSPS) is 21.6. The van der Waals surface area contributed by atoms with Crippen molar-refractivity contribution in [2.75, 3.05) is 37.7 Å². The average Bonchev–Trinajstić information content (AvgIpc) is 3.35. The molecule has 2 fully saturated rings. The van der Waals surface area contributed by atoms with E-state index in [0.717, 1.165) is 37.6 Å². The van der Waals surface area contributed by atoms with Gasteiger partial charge < -0.3 is 20.2 Å². The van der Waals surface area contributed by atoms with E-state index in [2.05, 4.69) is 20.5 Å². The number of carbonyl (C=O) groups is 1. The van der Waals surface area contributed by atoms with Gasteiger partial charge >= 0.3 is 6.18 Å². The Balaban J connectivity index is 1.40. The van der Waals surface area contributed by atoms with Crippen LogP contribution in [-0.2, 0) is 11.0 Å². The number of anilines is 1. The van der Waals surface area contributed by atoms with Gasteiger partial charge in [-0.1, -0.05) is 29.3 Å². The molecule has 3 atom stereocenters. The Labute approximate surface area is 223 Å². The summed E-state index contributed by atoms with van der Waals surface area (Å²) in [5.41, 5.74) is 1.20. The predicted molar refractivity (Wildman–Crippen MR) is 138 cm³/mol. The number of nitrogens with zero attached hydrogens (tertiary/aromatic N) is 5. The molecule has 0 bridgehead atoms. The Morgan fingerprint density at radius 2 is 2.03 bits per heavy atom. The monoisotopic (exact) mass is 550 g/mol. The number of fused-ring (bicyclic) bond motifs is 1. The highest BCUT2D eigenvalue weighted by molar-refractivity contribution is 6.30. The number of carbonyl (C=O) groups excluding carboxylic acids is 1. The van der Waals surface area contributed by atoms with Crippen molar-refractivity contribution < 1.29 is 23.1 Å². The van der Waals surface area contributed by atoms with Crippen molar-refractivity contribution in [3.8, 4) is 0 Å². The molecule has 38 heavy (non-hydrogen) atoms. The third-order valence-electron chi connectivity index (χ3n) is 7.54. The lowest BCUT2D eigenvalue weighted by Crippen LogP contribution is -2.60. The topological polar surface area (TPSA) is 86.5 Å². The minimum absolute atomic E-state index is 0.00865. The molecule has 8 nitrogen and oxygen atoms in total. The molecule has 3 heterocycles. The van der Waals surface area contributed by atoms with E-state index in [1.165, 1.54) is 16.8 Å². The second-order valence-electron chi connectivity index (χ2n) is 9.93. The molecule has 2 N–H and O–H groups in total. The zero-order valence-corrected chi connectivity index (χ0v) is 21.7. The molecule has 204 valence electrons. The number of nitrogens with one attached hydrogen (secondary N) is 1. The van der Waals surface area contributed by atoms with E-state index in [9.17, 15) is 23.1 Å². The first-order valence-electron chi connectivity index (χ1n) is 12.8. The van der Waals surface area contributed by atoms with Crippen LogP contribution in [0.15, 0.2) is 36.4 Å². The van der Waals surface area contributed by atoms with Crippen molar-refractivity contribution in [1.29, 1.82) is 0 Å². The van der Waals surface area contributed by atoms with Crippen molar-refractivity contribution >= 4 is 34.2 Å². The van der Waals surface area contributed by atoms with E-state index in [-0.39, 0.29) is 35.2 Å². The summed E-state index contributed by atoms with van der Waals surface area (Å²) < 4.78 is 42.8. The number of aliphatic hydroxyl groups excluding tert-OH is 1. The minimum Gasteiger partial charge on any atom is -0.394 e. The largest absolute Gasteiger partial charge is 0.416 e. The zero-order chi connectivity index (χ0) is 27.0. The predicted octanol–water partition coefficient (Wildman–Crippen LogP) is 3.86. The second kappa shape index (κ2) is 10.7. The number of rotatable bonds is 5. The average molecular weight is 551 g/mol. The summed E-state index contributed by atoms with van der Waals surface area (Å²) in [6.45, 7) is 3.77. The van der Waals surface area contributed by atoms with Gasteiger partial charge in [0.1, 0.15) is 5.52 Å². The molecular weight excluding hydrogens is 521 g/mol. The Kier molecular flexibility index (Phi) is 7.52. The van der Waals surface area contributed by atoms with Gasteiger partial charge in [-0.25, -0.2) is 4.68 Å². The summed E-state index contributed by atoms with van der Waals surface area (Å²) in [7, 11) is 0. The number of piperazine rings is 1. The fraction of sp³-hybridized carbons (Fsp3) is 0.500. The van der Waals surface area contributed by atoms with Crippen molar-refractivity contribution in [3.05, 3.63) is 52.5 Å². The Bertz CT molecular complexity index is 1310. The maximum absolute atomic E-state index is 13.8. The van der Waals surface area contributed by atoms with Crippen molar-refractivity contribution in [2.24, 2.45) is 0 Å². The van der Waals surface area contributed by atoms with Crippen LogP contribution in [-0.4, -0.2) is 75.8 Å². The van der Waals surface area contributed by atoms with Gasteiger partial charge in [-0.15, -0.1) is 5.10 Å². The fourth-order valence-corrected chi connectivity index (χ4v) is 5.65. The Morgan fingerprint density at radius 1 is 1.21 bits per heavy atom. The van der Waals surface area contributed by atoms with E-state index >= 15 is 0 Å². The molecule has 2 aliphatic heterocycles. The number of aliphatic hydroxyl groups is 1. The van der Waals surface area contributed by atoms with E-state index < -0.39 is 17.8 Å². The lowest BCUT2D eigenvalue weighted by molar-refractivity contribution is -0.139. The van der Waals surface area contributed by atoms with Gasteiger partial charge in [0.25, 0.3) is 0 Å². The number of piperidine rings is 1. The zero-order valence-electron chi connectivity index (χ0n) is 21.0. The van der Waals surface area contributed by atoms with Crippen LogP contribution < -0.4 is 10.2 Å². The fourth-order valence-electron chi connectivity index (χ4n) is 5.48. The molecule has 2 saturated heterocycles. The highest BCUT2D eigenvalue weighted by atomic mass is 35.5. The van der Waals surface area contributed by atoms with Crippen LogP contribution in [0.3, 0.4) is 0 Å².